The third-order valence-corrected chi connectivity index (χ3v) is 4.57. The Hall–Kier alpha value is -3.90. The first kappa shape index (κ1) is 21.8. The predicted molar refractivity (Wildman–Crippen MR) is 119 cm³/mol. The van der Waals surface area contributed by atoms with Crippen LogP contribution in [0.1, 0.15) is 21.5 Å². The first-order valence-corrected chi connectivity index (χ1v) is 9.89. The second-order valence-corrected chi connectivity index (χ2v) is 6.92. The summed E-state index contributed by atoms with van der Waals surface area (Å²) in [7, 11) is 0. The van der Waals surface area contributed by atoms with Crippen LogP contribution < -0.4 is 15.5 Å². The fraction of sp³-hybridized carbons (Fsp3) is 0.120. The van der Waals surface area contributed by atoms with Crippen LogP contribution in [0.4, 0.5) is 0 Å². The van der Waals surface area contributed by atoms with Gasteiger partial charge < -0.3 is 10.1 Å². The van der Waals surface area contributed by atoms with Gasteiger partial charge in [-0.05, 0) is 47.9 Å². The smallest absolute Gasteiger partial charge is 0.274 e. The van der Waals surface area contributed by atoms with Gasteiger partial charge in [-0.3, -0.25) is 14.8 Å². The van der Waals surface area contributed by atoms with Crippen LogP contribution in [-0.4, -0.2) is 29.7 Å². The van der Waals surface area contributed by atoms with Crippen molar-refractivity contribution in [2.75, 3.05) is 6.61 Å². The summed E-state index contributed by atoms with van der Waals surface area (Å²) in [5, 5.41) is 11.7. The van der Waals surface area contributed by atoms with E-state index >= 15 is 0 Å². The van der Waals surface area contributed by atoms with Gasteiger partial charge in [0.25, 0.3) is 5.91 Å². The molecule has 0 heterocycles. The fourth-order valence-electron chi connectivity index (χ4n) is 3.00. The average Bonchev–Trinajstić information content (AvgIpc) is 2.82. The monoisotopic (exact) mass is 416 g/mol. The van der Waals surface area contributed by atoms with Crippen molar-refractivity contribution >= 4 is 17.9 Å². The van der Waals surface area contributed by atoms with Gasteiger partial charge in [0.15, 0.2) is 0 Å². The van der Waals surface area contributed by atoms with E-state index in [1.807, 2.05) is 60.7 Å². The number of nitrogens with one attached hydrogen (secondary N) is 2. The Balaban J connectivity index is 1.63. The van der Waals surface area contributed by atoms with Crippen LogP contribution in [0, 0.1) is 0 Å². The van der Waals surface area contributed by atoms with Crippen molar-refractivity contribution in [1.29, 1.82) is 0 Å². The molecule has 6 heteroatoms. The molecule has 0 saturated carbocycles. The minimum Gasteiger partial charge on any atom is -0.491 e. The summed E-state index contributed by atoms with van der Waals surface area (Å²) >= 11 is 0. The molecule has 0 aliphatic heterocycles. The second kappa shape index (κ2) is 11.3. The molecule has 0 saturated heterocycles. The van der Waals surface area contributed by atoms with Gasteiger partial charge >= 0.3 is 0 Å². The number of rotatable bonds is 9. The molecular weight excluding hydrogens is 392 g/mol. The Labute approximate surface area is 181 Å². The largest absolute Gasteiger partial charge is 0.491 e. The summed E-state index contributed by atoms with van der Waals surface area (Å²) in [6, 6.07) is 25.6. The van der Waals surface area contributed by atoms with E-state index in [0.717, 1.165) is 11.1 Å². The summed E-state index contributed by atoms with van der Waals surface area (Å²) in [5.41, 5.74) is 3.93. The van der Waals surface area contributed by atoms with Crippen LogP contribution in [0.3, 0.4) is 0 Å². The SMILES string of the molecule is O=C(/C=C/c1ccccc1)N[C@H](COc1ccc(C(=O)NO)cc1)Cc1ccccc1. The van der Waals surface area contributed by atoms with E-state index in [2.05, 4.69) is 5.32 Å². The van der Waals surface area contributed by atoms with Crippen molar-refractivity contribution in [2.24, 2.45) is 0 Å². The fourth-order valence-corrected chi connectivity index (χ4v) is 3.00. The van der Waals surface area contributed by atoms with Crippen molar-refractivity contribution in [2.45, 2.75) is 12.5 Å². The first-order chi connectivity index (χ1) is 15.1. The molecule has 6 nitrogen and oxygen atoms in total. The molecule has 3 aromatic carbocycles. The number of ether oxygens (including phenoxy) is 1. The number of carbonyl (C=O) groups is 2. The minimum atomic E-state index is -0.592. The van der Waals surface area contributed by atoms with Crippen molar-refractivity contribution in [3.05, 3.63) is 108 Å². The molecule has 2 amide bonds. The van der Waals surface area contributed by atoms with Gasteiger partial charge in [-0.2, -0.15) is 0 Å². The minimum absolute atomic E-state index is 0.205. The molecule has 0 aromatic heterocycles. The zero-order valence-electron chi connectivity index (χ0n) is 16.9. The van der Waals surface area contributed by atoms with E-state index in [1.165, 1.54) is 6.08 Å². The molecule has 0 fully saturated rings. The maximum atomic E-state index is 12.5. The summed E-state index contributed by atoms with van der Waals surface area (Å²) in [6.07, 6.45) is 3.88. The lowest BCUT2D eigenvalue weighted by atomic mass is 10.1. The lowest BCUT2D eigenvalue weighted by Gasteiger charge is -2.19. The Morgan fingerprint density at radius 3 is 2.19 bits per heavy atom. The maximum absolute atomic E-state index is 12.5. The molecule has 1 atom stereocenters. The van der Waals surface area contributed by atoms with Gasteiger partial charge in [0.05, 0.1) is 6.04 Å². The Kier molecular flexibility index (Phi) is 7.97. The van der Waals surface area contributed by atoms with E-state index in [4.69, 9.17) is 9.94 Å². The molecule has 0 unspecified atom stereocenters. The molecule has 31 heavy (non-hydrogen) atoms. The summed E-state index contributed by atoms with van der Waals surface area (Å²) in [4.78, 5) is 23.9. The van der Waals surface area contributed by atoms with E-state index in [1.54, 1.807) is 35.8 Å². The second-order valence-electron chi connectivity index (χ2n) is 6.92. The Morgan fingerprint density at radius 1 is 0.903 bits per heavy atom. The number of hydrogen-bond acceptors (Lipinski definition) is 4. The third-order valence-electron chi connectivity index (χ3n) is 4.57. The summed E-state index contributed by atoms with van der Waals surface area (Å²) in [6.45, 7) is 0.255. The number of hydrogen-bond donors (Lipinski definition) is 3. The molecule has 3 aromatic rings. The van der Waals surface area contributed by atoms with Crippen molar-refractivity contribution in [3.8, 4) is 5.75 Å². The standard InChI is InChI=1S/C25H24N2O4/c28-24(16-11-19-7-3-1-4-8-19)26-22(17-20-9-5-2-6-10-20)18-31-23-14-12-21(13-15-23)25(29)27-30/h1-16,22,30H,17-18H2,(H,26,28)(H,27,29)/b16-11+/t22-/m0/s1. The highest BCUT2D eigenvalue weighted by Gasteiger charge is 2.13. The lowest BCUT2D eigenvalue weighted by Crippen LogP contribution is -2.39. The third kappa shape index (κ3) is 7.13. The number of benzene rings is 3. The van der Waals surface area contributed by atoms with Crippen molar-refractivity contribution in [3.63, 3.8) is 0 Å². The van der Waals surface area contributed by atoms with Crippen LogP contribution in [-0.2, 0) is 11.2 Å². The molecule has 0 aliphatic carbocycles. The molecular formula is C25H24N2O4. The van der Waals surface area contributed by atoms with Crippen LogP contribution in [0.15, 0.2) is 91.0 Å². The maximum Gasteiger partial charge on any atom is 0.274 e. The topological polar surface area (TPSA) is 87.7 Å². The normalized spacial score (nSPS) is 11.6. The van der Waals surface area contributed by atoms with Gasteiger partial charge in [-0.1, -0.05) is 60.7 Å². The molecule has 158 valence electrons. The van der Waals surface area contributed by atoms with Gasteiger partial charge in [0, 0.05) is 11.6 Å². The van der Waals surface area contributed by atoms with Crippen LogP contribution >= 0.6 is 0 Å². The van der Waals surface area contributed by atoms with Crippen LogP contribution in [0.2, 0.25) is 0 Å². The quantitative estimate of drug-likeness (QED) is 0.282. The highest BCUT2D eigenvalue weighted by atomic mass is 16.5. The molecule has 3 N–H and O–H groups in total. The van der Waals surface area contributed by atoms with E-state index in [-0.39, 0.29) is 18.6 Å². The summed E-state index contributed by atoms with van der Waals surface area (Å²) < 4.78 is 5.84. The molecule has 0 aliphatic rings. The van der Waals surface area contributed by atoms with E-state index in [9.17, 15) is 9.59 Å². The molecule has 0 bridgehead atoms. The molecule has 0 spiro atoms. The van der Waals surface area contributed by atoms with Gasteiger partial charge in [0.2, 0.25) is 5.91 Å². The van der Waals surface area contributed by atoms with Crippen LogP contribution in [0.5, 0.6) is 5.75 Å². The first-order valence-electron chi connectivity index (χ1n) is 9.89. The number of amides is 2. The average molecular weight is 416 g/mol. The van der Waals surface area contributed by atoms with Gasteiger partial charge in [0.1, 0.15) is 12.4 Å². The zero-order valence-corrected chi connectivity index (χ0v) is 16.9. The Morgan fingerprint density at radius 2 is 1.55 bits per heavy atom. The van der Waals surface area contributed by atoms with Crippen LogP contribution in [0.25, 0.3) is 6.08 Å². The molecule has 0 radical (unpaired) electrons. The van der Waals surface area contributed by atoms with Gasteiger partial charge in [-0.15, -0.1) is 0 Å². The number of hydroxylamine groups is 1. The molecule has 3 rings (SSSR count). The lowest BCUT2D eigenvalue weighted by molar-refractivity contribution is -0.117. The van der Waals surface area contributed by atoms with Gasteiger partial charge in [-0.25, -0.2) is 5.48 Å². The van der Waals surface area contributed by atoms with E-state index < -0.39 is 5.91 Å². The zero-order chi connectivity index (χ0) is 21.9. The Bertz CT molecular complexity index is 1000. The van der Waals surface area contributed by atoms with Crippen molar-refractivity contribution in [1.82, 2.24) is 10.8 Å². The predicted octanol–water partition coefficient (Wildman–Crippen LogP) is 3.63. The number of carbonyl (C=O) groups excluding carboxylic acids is 2. The highest BCUT2D eigenvalue weighted by Crippen LogP contribution is 2.13. The summed E-state index contributed by atoms with van der Waals surface area (Å²) in [5.74, 6) is -0.240. The van der Waals surface area contributed by atoms with E-state index in [0.29, 0.717) is 17.7 Å². The highest BCUT2D eigenvalue weighted by molar-refractivity contribution is 5.93. The van der Waals surface area contributed by atoms with Crippen molar-refractivity contribution < 1.29 is 19.5 Å².